The molecule has 0 spiro atoms. The van der Waals surface area contributed by atoms with Crippen molar-refractivity contribution in [1.29, 1.82) is 0 Å². The lowest BCUT2D eigenvalue weighted by Gasteiger charge is -2.34. The zero-order chi connectivity index (χ0) is 28.6. The van der Waals surface area contributed by atoms with Crippen molar-refractivity contribution in [3.63, 3.8) is 0 Å². The number of hydrogen-bond acceptors (Lipinski definition) is 5. The van der Waals surface area contributed by atoms with Crippen LogP contribution in [0, 0.1) is 5.82 Å². The highest BCUT2D eigenvalue weighted by Gasteiger charge is 2.33. The second-order valence-corrected chi connectivity index (χ2v) is 11.4. The molecule has 0 aromatic heterocycles. The Morgan fingerprint density at radius 3 is 2.21 bits per heavy atom. The molecule has 2 amide bonds. The fraction of sp³-hybridized carbons (Fsp3) is 0.310. The summed E-state index contributed by atoms with van der Waals surface area (Å²) in [7, 11) is -2.53. The Labute approximate surface area is 229 Å². The number of amides is 2. The lowest BCUT2D eigenvalue weighted by molar-refractivity contribution is -0.140. The van der Waals surface area contributed by atoms with Gasteiger partial charge >= 0.3 is 0 Å². The van der Waals surface area contributed by atoms with E-state index in [0.717, 1.165) is 22.2 Å². The minimum absolute atomic E-state index is 0.00603. The summed E-state index contributed by atoms with van der Waals surface area (Å²) in [6.07, 6.45) is 1.10. The summed E-state index contributed by atoms with van der Waals surface area (Å²) in [5, 5.41) is 2.88. The minimum Gasteiger partial charge on any atom is -0.497 e. The van der Waals surface area contributed by atoms with Crippen LogP contribution in [0.15, 0.2) is 78.9 Å². The van der Waals surface area contributed by atoms with Crippen molar-refractivity contribution in [2.24, 2.45) is 0 Å². The van der Waals surface area contributed by atoms with Crippen LogP contribution in [0.4, 0.5) is 10.1 Å². The highest BCUT2D eigenvalue weighted by molar-refractivity contribution is 7.92. The molecule has 0 aliphatic carbocycles. The summed E-state index contributed by atoms with van der Waals surface area (Å²) in [5.74, 6) is -1.27. The van der Waals surface area contributed by atoms with Crippen LogP contribution in [0.5, 0.6) is 5.75 Å². The van der Waals surface area contributed by atoms with E-state index in [-0.39, 0.29) is 30.6 Å². The van der Waals surface area contributed by atoms with Gasteiger partial charge in [-0.15, -0.1) is 0 Å². The number of nitrogens with zero attached hydrogens (tertiary/aromatic N) is 2. The number of para-hydroxylation sites is 1. The number of anilines is 1. The maximum atomic E-state index is 14.7. The number of benzene rings is 3. The van der Waals surface area contributed by atoms with Gasteiger partial charge in [-0.2, -0.15) is 0 Å². The van der Waals surface area contributed by atoms with Gasteiger partial charge in [-0.3, -0.25) is 13.9 Å². The van der Waals surface area contributed by atoms with Crippen LogP contribution < -0.4 is 14.4 Å². The normalized spacial score (nSPS) is 12.1. The highest BCUT2D eigenvalue weighted by atomic mass is 32.2. The lowest BCUT2D eigenvalue weighted by atomic mass is 10.0. The number of sulfonamides is 1. The fourth-order valence-electron chi connectivity index (χ4n) is 4.15. The zero-order valence-corrected chi connectivity index (χ0v) is 23.3. The number of ether oxygens (including phenoxy) is 1. The predicted octanol–water partition coefficient (Wildman–Crippen LogP) is 3.77. The first kappa shape index (κ1) is 29.6. The van der Waals surface area contributed by atoms with Gasteiger partial charge < -0.3 is 15.0 Å². The van der Waals surface area contributed by atoms with E-state index in [4.69, 9.17) is 4.74 Å². The Morgan fingerprint density at radius 2 is 1.59 bits per heavy atom. The molecule has 3 rings (SSSR count). The van der Waals surface area contributed by atoms with Gasteiger partial charge in [0.05, 0.1) is 19.1 Å². The van der Waals surface area contributed by atoms with Gasteiger partial charge in [0.15, 0.2) is 0 Å². The van der Waals surface area contributed by atoms with Crippen molar-refractivity contribution in [2.75, 3.05) is 24.2 Å². The zero-order valence-electron chi connectivity index (χ0n) is 22.5. The second-order valence-electron chi connectivity index (χ2n) is 9.46. The Morgan fingerprint density at radius 1 is 0.949 bits per heavy atom. The molecule has 0 heterocycles. The first-order chi connectivity index (χ1) is 18.5. The first-order valence-corrected chi connectivity index (χ1v) is 14.3. The fourth-order valence-corrected chi connectivity index (χ4v) is 5.00. The van der Waals surface area contributed by atoms with Crippen LogP contribution in [0.3, 0.4) is 0 Å². The van der Waals surface area contributed by atoms with Crippen LogP contribution in [0.1, 0.15) is 25.0 Å². The highest BCUT2D eigenvalue weighted by Crippen LogP contribution is 2.23. The summed E-state index contributed by atoms with van der Waals surface area (Å²) >= 11 is 0. The number of halogens is 1. The Balaban J connectivity index is 2.08. The third-order valence-electron chi connectivity index (χ3n) is 5.99. The molecule has 39 heavy (non-hydrogen) atoms. The van der Waals surface area contributed by atoms with Crippen LogP contribution in [-0.2, 0) is 32.6 Å². The van der Waals surface area contributed by atoms with Crippen LogP contribution in [-0.4, -0.2) is 57.1 Å². The molecule has 208 valence electrons. The monoisotopic (exact) mass is 555 g/mol. The molecule has 0 saturated carbocycles. The third kappa shape index (κ3) is 8.28. The molecule has 8 nitrogen and oxygen atoms in total. The molecular weight excluding hydrogens is 521 g/mol. The molecule has 3 aromatic carbocycles. The van der Waals surface area contributed by atoms with Gasteiger partial charge in [-0.25, -0.2) is 12.8 Å². The van der Waals surface area contributed by atoms with Gasteiger partial charge in [0.1, 0.15) is 24.2 Å². The van der Waals surface area contributed by atoms with Crippen LogP contribution in [0.2, 0.25) is 0 Å². The standard InChI is InChI=1S/C29H34FN3O5S/c1-21(2)31-29(35)27(18-22-11-6-5-7-12-22)32(19-23-13-10-14-24(17-23)38-3)28(34)20-33(39(4,36)37)26-16-9-8-15-25(26)30/h5-17,21,27H,18-20H2,1-4H3,(H,31,35)/t27-/m0/s1. The average molecular weight is 556 g/mol. The number of rotatable bonds is 12. The van der Waals surface area contributed by atoms with Crippen molar-refractivity contribution < 1.29 is 27.1 Å². The van der Waals surface area contributed by atoms with Crippen molar-refractivity contribution in [3.05, 3.63) is 95.8 Å². The maximum Gasteiger partial charge on any atom is 0.244 e. The van der Waals surface area contributed by atoms with Crippen LogP contribution in [0.25, 0.3) is 0 Å². The molecule has 3 aromatic rings. The maximum absolute atomic E-state index is 14.7. The number of carbonyl (C=O) groups excluding carboxylic acids is 2. The summed E-state index contributed by atoms with van der Waals surface area (Å²) in [5.41, 5.74) is 1.25. The van der Waals surface area contributed by atoms with E-state index in [0.29, 0.717) is 11.3 Å². The lowest BCUT2D eigenvalue weighted by Crippen LogP contribution is -2.54. The summed E-state index contributed by atoms with van der Waals surface area (Å²) < 4.78 is 46.1. The van der Waals surface area contributed by atoms with E-state index in [2.05, 4.69) is 5.32 Å². The molecule has 0 saturated heterocycles. The molecule has 10 heteroatoms. The number of nitrogens with one attached hydrogen (secondary N) is 1. The largest absolute Gasteiger partial charge is 0.497 e. The summed E-state index contributed by atoms with van der Waals surface area (Å²) in [6, 6.07) is 20.4. The molecule has 0 aliphatic heterocycles. The third-order valence-corrected chi connectivity index (χ3v) is 7.12. The molecule has 1 N–H and O–H groups in total. The van der Waals surface area contributed by atoms with Gasteiger partial charge in [0.25, 0.3) is 0 Å². The van der Waals surface area contributed by atoms with Gasteiger partial charge in [0.2, 0.25) is 21.8 Å². The quantitative estimate of drug-likeness (QED) is 0.367. The summed E-state index contributed by atoms with van der Waals surface area (Å²) in [4.78, 5) is 28.8. The van der Waals surface area contributed by atoms with Gasteiger partial charge in [0, 0.05) is 19.0 Å². The van der Waals surface area contributed by atoms with Crippen molar-refractivity contribution in [2.45, 2.75) is 38.9 Å². The Bertz CT molecular complexity index is 1380. The molecule has 0 unspecified atom stereocenters. The predicted molar refractivity (Wildman–Crippen MR) is 149 cm³/mol. The van der Waals surface area contributed by atoms with Crippen molar-refractivity contribution in [1.82, 2.24) is 10.2 Å². The van der Waals surface area contributed by atoms with Crippen molar-refractivity contribution >= 4 is 27.5 Å². The van der Waals surface area contributed by atoms with E-state index in [9.17, 15) is 22.4 Å². The molecule has 0 aliphatic rings. The second kappa shape index (κ2) is 13.2. The van der Waals surface area contributed by atoms with E-state index >= 15 is 0 Å². The molecule has 1 atom stereocenters. The van der Waals surface area contributed by atoms with Gasteiger partial charge in [-0.1, -0.05) is 54.6 Å². The van der Waals surface area contributed by atoms with E-state index in [1.54, 1.807) is 24.3 Å². The SMILES string of the molecule is COc1cccc(CN(C(=O)CN(c2ccccc2F)S(C)(=O)=O)[C@@H](Cc2ccccc2)C(=O)NC(C)C)c1. The Kier molecular flexibility index (Phi) is 10.1. The van der Waals surface area contributed by atoms with Crippen molar-refractivity contribution in [3.8, 4) is 5.75 Å². The van der Waals surface area contributed by atoms with Crippen LogP contribution >= 0.6 is 0 Å². The summed E-state index contributed by atoms with van der Waals surface area (Å²) in [6.45, 7) is 2.93. The van der Waals surface area contributed by atoms with E-state index < -0.39 is 34.3 Å². The average Bonchev–Trinajstić information content (AvgIpc) is 2.89. The molecule has 0 bridgehead atoms. The smallest absolute Gasteiger partial charge is 0.244 e. The molecule has 0 radical (unpaired) electrons. The number of carbonyl (C=O) groups is 2. The number of methoxy groups -OCH3 is 1. The first-order valence-electron chi connectivity index (χ1n) is 12.5. The topological polar surface area (TPSA) is 96.0 Å². The molecule has 0 fully saturated rings. The molecular formula is C29H34FN3O5S. The Hall–Kier alpha value is -3.92. The number of hydrogen-bond donors (Lipinski definition) is 1. The van der Waals surface area contributed by atoms with E-state index in [1.165, 1.54) is 30.2 Å². The van der Waals surface area contributed by atoms with Gasteiger partial charge in [-0.05, 0) is 49.2 Å². The minimum atomic E-state index is -4.05. The van der Waals surface area contributed by atoms with E-state index in [1.807, 2.05) is 44.2 Å².